The van der Waals surface area contributed by atoms with Crippen LogP contribution in [0, 0.1) is 0 Å². The summed E-state index contributed by atoms with van der Waals surface area (Å²) in [7, 11) is 0. The summed E-state index contributed by atoms with van der Waals surface area (Å²) in [5.41, 5.74) is 8.14. The third-order valence-electron chi connectivity index (χ3n) is 5.29. The molecular formula is C23H27N5O. The zero-order valence-electron chi connectivity index (χ0n) is 16.9. The Morgan fingerprint density at radius 3 is 2.66 bits per heavy atom. The molecule has 0 radical (unpaired) electrons. The Hall–Kier alpha value is -2.83. The minimum atomic E-state index is -0.204. The number of nitrogens with two attached hydrogens (primary N) is 1. The minimum absolute atomic E-state index is 0.00814. The molecule has 0 bridgehead atoms. The molecule has 1 saturated heterocycles. The van der Waals surface area contributed by atoms with Gasteiger partial charge in [0.15, 0.2) is 5.82 Å². The standard InChI is InChI=1S/C23H27N5O/c1-15(2)27-23(29)21-10-18(24)14-28(21)13-16-11-25-22(26-12-16)20-9-5-7-17-6-3-4-8-19(17)20/h3-9,11-12,15,18,21H,10,13-14,24H2,1-2H3,(H,27,29)/t18-,21+/m1/s1. The Labute approximate surface area is 171 Å². The maximum Gasteiger partial charge on any atom is 0.237 e. The minimum Gasteiger partial charge on any atom is -0.353 e. The number of carbonyl (C=O) groups is 1. The molecule has 29 heavy (non-hydrogen) atoms. The molecule has 2 atom stereocenters. The van der Waals surface area contributed by atoms with E-state index in [-0.39, 0.29) is 24.0 Å². The second kappa shape index (κ2) is 8.27. The molecule has 0 saturated carbocycles. The molecule has 2 aromatic carbocycles. The summed E-state index contributed by atoms with van der Waals surface area (Å²) in [6, 6.07) is 14.3. The summed E-state index contributed by atoms with van der Waals surface area (Å²) < 4.78 is 0. The van der Waals surface area contributed by atoms with E-state index in [2.05, 4.69) is 38.4 Å². The maximum atomic E-state index is 12.5. The SMILES string of the molecule is CC(C)NC(=O)[C@@H]1C[C@@H](N)CN1Cc1cnc(-c2cccc3ccccc23)nc1. The lowest BCUT2D eigenvalue weighted by Crippen LogP contribution is -2.45. The van der Waals surface area contributed by atoms with E-state index in [4.69, 9.17) is 5.73 Å². The van der Waals surface area contributed by atoms with Gasteiger partial charge in [-0.3, -0.25) is 9.69 Å². The summed E-state index contributed by atoms with van der Waals surface area (Å²) in [5, 5.41) is 5.31. The third-order valence-corrected chi connectivity index (χ3v) is 5.29. The number of amides is 1. The highest BCUT2D eigenvalue weighted by Crippen LogP contribution is 2.26. The van der Waals surface area contributed by atoms with Gasteiger partial charge in [-0.25, -0.2) is 9.97 Å². The number of carbonyl (C=O) groups excluding carboxylic acids is 1. The van der Waals surface area contributed by atoms with E-state index in [9.17, 15) is 4.79 Å². The molecule has 1 aliphatic rings. The first-order valence-electron chi connectivity index (χ1n) is 10.1. The van der Waals surface area contributed by atoms with Gasteiger partial charge < -0.3 is 11.1 Å². The van der Waals surface area contributed by atoms with Crippen molar-refractivity contribution in [2.75, 3.05) is 6.54 Å². The number of nitrogens with one attached hydrogen (secondary N) is 1. The van der Waals surface area contributed by atoms with E-state index < -0.39 is 0 Å². The largest absolute Gasteiger partial charge is 0.353 e. The summed E-state index contributed by atoms with van der Waals surface area (Å²) in [6.07, 6.45) is 4.38. The van der Waals surface area contributed by atoms with Crippen LogP contribution in [0.5, 0.6) is 0 Å². The summed E-state index contributed by atoms with van der Waals surface area (Å²) in [5.74, 6) is 0.749. The Kier molecular flexibility index (Phi) is 5.56. The van der Waals surface area contributed by atoms with E-state index in [0.717, 1.165) is 16.5 Å². The van der Waals surface area contributed by atoms with Gasteiger partial charge in [0.1, 0.15) is 0 Å². The first-order valence-corrected chi connectivity index (χ1v) is 10.1. The predicted octanol–water partition coefficient (Wildman–Crippen LogP) is 2.72. The molecule has 1 aromatic heterocycles. The van der Waals surface area contributed by atoms with Crippen LogP contribution in [0.1, 0.15) is 25.8 Å². The van der Waals surface area contributed by atoms with Gasteiger partial charge in [0, 0.05) is 48.7 Å². The average molecular weight is 390 g/mol. The van der Waals surface area contributed by atoms with Crippen LogP contribution >= 0.6 is 0 Å². The molecule has 6 nitrogen and oxygen atoms in total. The first-order chi connectivity index (χ1) is 14.0. The van der Waals surface area contributed by atoms with Crippen molar-refractivity contribution < 1.29 is 4.79 Å². The number of aromatic nitrogens is 2. The van der Waals surface area contributed by atoms with E-state index in [0.29, 0.717) is 25.3 Å². The number of nitrogens with zero attached hydrogens (tertiary/aromatic N) is 3. The topological polar surface area (TPSA) is 84.1 Å². The molecule has 6 heteroatoms. The summed E-state index contributed by atoms with van der Waals surface area (Å²) >= 11 is 0. The first kappa shape index (κ1) is 19.5. The molecular weight excluding hydrogens is 362 g/mol. The zero-order valence-corrected chi connectivity index (χ0v) is 16.9. The second-order valence-electron chi connectivity index (χ2n) is 8.05. The lowest BCUT2D eigenvalue weighted by atomic mass is 10.0. The maximum absolute atomic E-state index is 12.5. The van der Waals surface area contributed by atoms with Crippen molar-refractivity contribution in [2.45, 2.75) is 44.9 Å². The van der Waals surface area contributed by atoms with Gasteiger partial charge in [-0.2, -0.15) is 0 Å². The summed E-state index contributed by atoms with van der Waals surface area (Å²) in [6.45, 7) is 5.24. The fourth-order valence-electron chi connectivity index (χ4n) is 4.00. The second-order valence-corrected chi connectivity index (χ2v) is 8.05. The quantitative estimate of drug-likeness (QED) is 0.701. The molecule has 1 amide bonds. The molecule has 2 heterocycles. The fraction of sp³-hybridized carbons (Fsp3) is 0.348. The number of rotatable bonds is 5. The molecule has 150 valence electrons. The lowest BCUT2D eigenvalue weighted by Gasteiger charge is -2.24. The van der Waals surface area contributed by atoms with E-state index in [1.54, 1.807) is 0 Å². The third kappa shape index (κ3) is 4.28. The van der Waals surface area contributed by atoms with Gasteiger partial charge in [-0.05, 0) is 31.0 Å². The van der Waals surface area contributed by atoms with Gasteiger partial charge in [-0.15, -0.1) is 0 Å². The fourth-order valence-corrected chi connectivity index (χ4v) is 4.00. The number of hydrogen-bond acceptors (Lipinski definition) is 5. The number of fused-ring (bicyclic) bond motifs is 1. The molecule has 4 rings (SSSR count). The van der Waals surface area contributed by atoms with Crippen LogP contribution in [-0.4, -0.2) is 45.4 Å². The Morgan fingerprint density at radius 2 is 1.90 bits per heavy atom. The molecule has 3 N–H and O–H groups in total. The van der Waals surface area contributed by atoms with Gasteiger partial charge in [0.2, 0.25) is 5.91 Å². The van der Waals surface area contributed by atoms with Crippen molar-refractivity contribution in [2.24, 2.45) is 5.73 Å². The Balaban J connectivity index is 1.53. The highest BCUT2D eigenvalue weighted by Gasteiger charge is 2.35. The van der Waals surface area contributed by atoms with Crippen molar-refractivity contribution in [1.29, 1.82) is 0 Å². The number of likely N-dealkylation sites (tertiary alicyclic amines) is 1. The van der Waals surface area contributed by atoms with Crippen LogP contribution < -0.4 is 11.1 Å². The predicted molar refractivity (Wildman–Crippen MR) is 115 cm³/mol. The number of benzene rings is 2. The van der Waals surface area contributed by atoms with Gasteiger partial charge in [-0.1, -0.05) is 42.5 Å². The molecule has 1 fully saturated rings. The molecule has 1 aliphatic heterocycles. The van der Waals surface area contributed by atoms with Crippen molar-refractivity contribution in [3.63, 3.8) is 0 Å². The normalized spacial score (nSPS) is 19.7. The van der Waals surface area contributed by atoms with Crippen molar-refractivity contribution in [3.8, 4) is 11.4 Å². The molecule has 0 spiro atoms. The highest BCUT2D eigenvalue weighted by atomic mass is 16.2. The van der Waals surface area contributed by atoms with Gasteiger partial charge in [0.05, 0.1) is 6.04 Å². The van der Waals surface area contributed by atoms with E-state index in [1.807, 2.05) is 50.5 Å². The smallest absolute Gasteiger partial charge is 0.237 e. The molecule has 3 aromatic rings. The van der Waals surface area contributed by atoms with E-state index >= 15 is 0 Å². The van der Waals surface area contributed by atoms with Crippen molar-refractivity contribution in [1.82, 2.24) is 20.2 Å². The van der Waals surface area contributed by atoms with Crippen LogP contribution in [0.4, 0.5) is 0 Å². The summed E-state index contributed by atoms with van der Waals surface area (Å²) in [4.78, 5) is 23.9. The van der Waals surface area contributed by atoms with Crippen LogP contribution in [-0.2, 0) is 11.3 Å². The van der Waals surface area contributed by atoms with Crippen LogP contribution in [0.15, 0.2) is 54.9 Å². The van der Waals surface area contributed by atoms with Crippen LogP contribution in [0.2, 0.25) is 0 Å². The average Bonchev–Trinajstić information content (AvgIpc) is 3.08. The van der Waals surface area contributed by atoms with Gasteiger partial charge in [0.25, 0.3) is 0 Å². The van der Waals surface area contributed by atoms with E-state index in [1.165, 1.54) is 5.39 Å². The molecule has 0 aliphatic carbocycles. The Morgan fingerprint density at radius 1 is 1.17 bits per heavy atom. The Bertz CT molecular complexity index is 996. The lowest BCUT2D eigenvalue weighted by molar-refractivity contribution is -0.126. The highest BCUT2D eigenvalue weighted by molar-refractivity contribution is 5.94. The van der Waals surface area contributed by atoms with Crippen LogP contribution in [0.3, 0.4) is 0 Å². The molecule has 0 unspecified atom stereocenters. The zero-order chi connectivity index (χ0) is 20.4. The number of hydrogen-bond donors (Lipinski definition) is 2. The van der Waals surface area contributed by atoms with Crippen molar-refractivity contribution >= 4 is 16.7 Å². The van der Waals surface area contributed by atoms with Crippen LogP contribution in [0.25, 0.3) is 22.2 Å². The van der Waals surface area contributed by atoms with Gasteiger partial charge >= 0.3 is 0 Å². The van der Waals surface area contributed by atoms with Crippen molar-refractivity contribution in [3.05, 3.63) is 60.4 Å². The monoisotopic (exact) mass is 389 g/mol.